The number of likely N-dealkylation sites (tertiary alicyclic amines) is 1. The highest BCUT2D eigenvalue weighted by Gasteiger charge is 2.24. The Balaban J connectivity index is 1.95. The second kappa shape index (κ2) is 9.95. The van der Waals surface area contributed by atoms with Crippen molar-refractivity contribution in [2.24, 2.45) is 4.99 Å². The molecule has 1 heterocycles. The fourth-order valence-electron chi connectivity index (χ4n) is 3.27. The van der Waals surface area contributed by atoms with E-state index >= 15 is 0 Å². The van der Waals surface area contributed by atoms with E-state index in [2.05, 4.69) is 31.9 Å². The van der Waals surface area contributed by atoms with Gasteiger partial charge in [0, 0.05) is 24.2 Å². The molecular formula is C20H32ClN5O. The predicted molar refractivity (Wildman–Crippen MR) is 112 cm³/mol. The lowest BCUT2D eigenvalue weighted by Crippen LogP contribution is -2.49. The van der Waals surface area contributed by atoms with Crippen molar-refractivity contribution in [2.75, 3.05) is 33.2 Å². The standard InChI is InChI=1S/C20H32ClN5O/c1-20(2,3)25-18(27)14-24-19(22-4)23-13-17(26-10-5-6-11-26)15-8-7-9-16(21)12-15/h7-9,12,17H,5-6,10-11,13-14H2,1-4H3,(H,25,27)(H2,22,23,24). The van der Waals surface area contributed by atoms with Crippen molar-refractivity contribution in [3.05, 3.63) is 34.9 Å². The van der Waals surface area contributed by atoms with Crippen LogP contribution in [0.25, 0.3) is 0 Å². The highest BCUT2D eigenvalue weighted by molar-refractivity contribution is 6.30. The monoisotopic (exact) mass is 393 g/mol. The summed E-state index contributed by atoms with van der Waals surface area (Å²) in [4.78, 5) is 18.7. The van der Waals surface area contributed by atoms with Gasteiger partial charge in [0.2, 0.25) is 5.91 Å². The third-order valence-electron chi connectivity index (χ3n) is 4.43. The van der Waals surface area contributed by atoms with E-state index in [1.54, 1.807) is 7.05 Å². The van der Waals surface area contributed by atoms with Crippen molar-refractivity contribution < 1.29 is 4.79 Å². The molecule has 0 spiro atoms. The number of amides is 1. The van der Waals surface area contributed by atoms with Gasteiger partial charge in [0.15, 0.2) is 5.96 Å². The molecule has 1 saturated heterocycles. The summed E-state index contributed by atoms with van der Waals surface area (Å²) in [7, 11) is 1.71. The first-order chi connectivity index (χ1) is 12.8. The Kier molecular flexibility index (Phi) is 7.92. The van der Waals surface area contributed by atoms with Gasteiger partial charge in [0.25, 0.3) is 0 Å². The molecule has 1 unspecified atom stereocenters. The van der Waals surface area contributed by atoms with E-state index in [9.17, 15) is 4.79 Å². The number of hydrogen-bond acceptors (Lipinski definition) is 3. The fraction of sp³-hybridized carbons (Fsp3) is 0.600. The van der Waals surface area contributed by atoms with Gasteiger partial charge in [-0.25, -0.2) is 0 Å². The van der Waals surface area contributed by atoms with Crippen LogP contribution < -0.4 is 16.0 Å². The van der Waals surface area contributed by atoms with Crippen LogP contribution in [0.4, 0.5) is 0 Å². The van der Waals surface area contributed by atoms with E-state index in [0.717, 1.165) is 18.1 Å². The molecule has 0 aliphatic carbocycles. The topological polar surface area (TPSA) is 68.8 Å². The first-order valence-corrected chi connectivity index (χ1v) is 9.91. The number of carbonyl (C=O) groups excluding carboxylic acids is 1. The molecule has 1 aromatic rings. The third-order valence-corrected chi connectivity index (χ3v) is 4.67. The van der Waals surface area contributed by atoms with Gasteiger partial charge in [-0.1, -0.05) is 23.7 Å². The molecule has 1 aromatic carbocycles. The first kappa shape index (κ1) is 21.5. The lowest BCUT2D eigenvalue weighted by atomic mass is 10.1. The van der Waals surface area contributed by atoms with Crippen LogP contribution in [0.2, 0.25) is 5.02 Å². The van der Waals surface area contributed by atoms with Gasteiger partial charge >= 0.3 is 0 Å². The second-order valence-corrected chi connectivity index (χ2v) is 8.36. The Morgan fingerprint density at radius 3 is 2.56 bits per heavy atom. The summed E-state index contributed by atoms with van der Waals surface area (Å²) >= 11 is 6.20. The Bertz CT molecular complexity index is 650. The van der Waals surface area contributed by atoms with E-state index in [1.165, 1.54) is 18.4 Å². The smallest absolute Gasteiger partial charge is 0.239 e. The maximum atomic E-state index is 12.0. The van der Waals surface area contributed by atoms with Crippen molar-refractivity contribution in [1.82, 2.24) is 20.9 Å². The number of aliphatic imine (C=N–C) groups is 1. The van der Waals surface area contributed by atoms with E-state index in [0.29, 0.717) is 12.5 Å². The van der Waals surface area contributed by atoms with Crippen molar-refractivity contribution >= 4 is 23.5 Å². The summed E-state index contributed by atoms with van der Waals surface area (Å²) < 4.78 is 0. The zero-order chi connectivity index (χ0) is 19.9. The van der Waals surface area contributed by atoms with Gasteiger partial charge in [-0.2, -0.15) is 0 Å². The number of rotatable bonds is 6. The van der Waals surface area contributed by atoms with Gasteiger partial charge in [0.05, 0.1) is 12.6 Å². The molecule has 0 aromatic heterocycles. The summed E-state index contributed by atoms with van der Waals surface area (Å²) in [5.74, 6) is 0.557. The molecule has 0 radical (unpaired) electrons. The van der Waals surface area contributed by atoms with Gasteiger partial charge in [-0.05, 0) is 64.4 Å². The third kappa shape index (κ3) is 7.39. The van der Waals surface area contributed by atoms with Crippen LogP contribution in [0.15, 0.2) is 29.3 Å². The van der Waals surface area contributed by atoms with Crippen LogP contribution in [0.3, 0.4) is 0 Å². The molecule has 1 aliphatic rings. The molecule has 150 valence electrons. The van der Waals surface area contributed by atoms with E-state index < -0.39 is 0 Å². The Hall–Kier alpha value is -1.79. The van der Waals surface area contributed by atoms with Crippen molar-refractivity contribution in [1.29, 1.82) is 0 Å². The SMILES string of the molecule is CN=C(NCC(=O)NC(C)(C)C)NCC(c1cccc(Cl)c1)N1CCCC1. The molecule has 2 rings (SSSR count). The summed E-state index contributed by atoms with van der Waals surface area (Å²) in [6.45, 7) is 8.93. The summed E-state index contributed by atoms with van der Waals surface area (Å²) in [6, 6.07) is 8.24. The predicted octanol–water partition coefficient (Wildman–Crippen LogP) is 2.56. The Morgan fingerprint density at radius 2 is 1.96 bits per heavy atom. The molecule has 3 N–H and O–H groups in total. The van der Waals surface area contributed by atoms with Crippen LogP contribution in [-0.4, -0.2) is 55.5 Å². The minimum absolute atomic E-state index is 0.0589. The van der Waals surface area contributed by atoms with E-state index in [-0.39, 0.29) is 24.0 Å². The molecule has 27 heavy (non-hydrogen) atoms. The van der Waals surface area contributed by atoms with Gasteiger partial charge < -0.3 is 16.0 Å². The van der Waals surface area contributed by atoms with Crippen LogP contribution in [0.5, 0.6) is 0 Å². The van der Waals surface area contributed by atoms with Gasteiger partial charge in [-0.15, -0.1) is 0 Å². The highest BCUT2D eigenvalue weighted by Crippen LogP contribution is 2.26. The van der Waals surface area contributed by atoms with Crippen molar-refractivity contribution in [3.63, 3.8) is 0 Å². The molecule has 1 aliphatic heterocycles. The number of guanidine groups is 1. The molecule has 0 saturated carbocycles. The number of nitrogens with one attached hydrogen (secondary N) is 3. The number of hydrogen-bond donors (Lipinski definition) is 3. The van der Waals surface area contributed by atoms with Gasteiger partial charge in [0.1, 0.15) is 0 Å². The minimum atomic E-state index is -0.247. The quantitative estimate of drug-likeness (QED) is 0.513. The van der Waals surface area contributed by atoms with Gasteiger partial charge in [-0.3, -0.25) is 14.7 Å². The molecule has 1 amide bonds. The van der Waals surface area contributed by atoms with Crippen molar-refractivity contribution in [3.8, 4) is 0 Å². The summed E-state index contributed by atoms with van der Waals surface area (Å²) in [6.07, 6.45) is 2.44. The maximum absolute atomic E-state index is 12.0. The lowest BCUT2D eigenvalue weighted by Gasteiger charge is -2.29. The minimum Gasteiger partial charge on any atom is -0.354 e. The highest BCUT2D eigenvalue weighted by atomic mass is 35.5. The number of benzene rings is 1. The second-order valence-electron chi connectivity index (χ2n) is 7.92. The number of nitrogens with zero attached hydrogens (tertiary/aromatic N) is 2. The maximum Gasteiger partial charge on any atom is 0.239 e. The van der Waals surface area contributed by atoms with E-state index in [1.807, 2.05) is 39.0 Å². The average molecular weight is 394 g/mol. The van der Waals surface area contributed by atoms with Crippen LogP contribution in [0, 0.1) is 0 Å². The first-order valence-electron chi connectivity index (χ1n) is 9.53. The molecule has 0 bridgehead atoms. The largest absolute Gasteiger partial charge is 0.354 e. The Labute approximate surface area is 167 Å². The lowest BCUT2D eigenvalue weighted by molar-refractivity contribution is -0.121. The zero-order valence-electron chi connectivity index (χ0n) is 16.8. The molecule has 1 fully saturated rings. The van der Waals surface area contributed by atoms with Crippen LogP contribution in [0.1, 0.15) is 45.2 Å². The average Bonchev–Trinajstić information content (AvgIpc) is 3.10. The molecule has 6 nitrogen and oxygen atoms in total. The normalized spacial score (nSPS) is 16.9. The van der Waals surface area contributed by atoms with Crippen LogP contribution in [-0.2, 0) is 4.79 Å². The molecule has 7 heteroatoms. The Morgan fingerprint density at radius 1 is 1.26 bits per heavy atom. The number of carbonyl (C=O) groups is 1. The van der Waals surface area contributed by atoms with Crippen LogP contribution >= 0.6 is 11.6 Å². The van der Waals surface area contributed by atoms with Crippen molar-refractivity contribution in [2.45, 2.75) is 45.2 Å². The molecular weight excluding hydrogens is 362 g/mol. The number of halogens is 1. The molecule has 1 atom stereocenters. The zero-order valence-corrected chi connectivity index (χ0v) is 17.6. The fourth-order valence-corrected chi connectivity index (χ4v) is 3.46. The summed E-state index contributed by atoms with van der Waals surface area (Å²) in [5, 5.41) is 10.1. The summed E-state index contributed by atoms with van der Waals surface area (Å²) in [5.41, 5.74) is 0.946. The van der Waals surface area contributed by atoms with E-state index in [4.69, 9.17) is 11.6 Å².